The average molecular weight is 589 g/mol. The molecular weight excluding hydrogens is 568 g/mol. The van der Waals surface area contributed by atoms with E-state index >= 15 is 0 Å². The van der Waals surface area contributed by atoms with Gasteiger partial charge in [0.1, 0.15) is 18.6 Å². The number of alkyl halides is 4. The van der Waals surface area contributed by atoms with Crippen molar-refractivity contribution in [2.24, 2.45) is 0 Å². The molecule has 0 radical (unpaired) electrons. The highest BCUT2D eigenvalue weighted by Crippen LogP contribution is 2.31. The Labute approximate surface area is 225 Å². The molecule has 0 aliphatic carbocycles. The van der Waals surface area contributed by atoms with Gasteiger partial charge in [-0.15, -0.1) is 11.6 Å². The van der Waals surface area contributed by atoms with Crippen LogP contribution in [0.4, 0.5) is 0 Å². The first-order chi connectivity index (χ1) is 16.8. The molecule has 1 saturated heterocycles. The van der Waals surface area contributed by atoms with E-state index in [1.165, 1.54) is 12.1 Å². The molecule has 0 aromatic heterocycles. The molecule has 1 aromatic rings. The molecule has 1 fully saturated rings. The number of benzene rings is 1. The Morgan fingerprint density at radius 2 is 1.56 bits per heavy atom. The normalized spacial score (nSPS) is 23.7. The Hall–Kier alpha value is -2.31. The van der Waals surface area contributed by atoms with Crippen molar-refractivity contribution in [1.82, 2.24) is 5.32 Å². The van der Waals surface area contributed by atoms with E-state index in [1.54, 1.807) is 18.2 Å². The Morgan fingerprint density at radius 3 is 2.08 bits per heavy atom. The number of carbonyl (C=O) groups is 5. The van der Waals surface area contributed by atoms with E-state index in [9.17, 15) is 24.0 Å². The highest BCUT2D eigenvalue weighted by Gasteiger charge is 2.53. The fourth-order valence-corrected chi connectivity index (χ4v) is 3.35. The van der Waals surface area contributed by atoms with Crippen LogP contribution in [-0.2, 0) is 42.9 Å². The second kappa shape index (κ2) is 13.3. The van der Waals surface area contributed by atoms with Gasteiger partial charge in [-0.3, -0.25) is 19.2 Å². The minimum absolute atomic E-state index is 0.0949. The Morgan fingerprint density at radius 1 is 0.917 bits per heavy atom. The molecule has 2 rings (SSSR count). The van der Waals surface area contributed by atoms with Crippen LogP contribution in [0.25, 0.3) is 0 Å². The number of hydrogen-bond donors (Lipinski definition) is 1. The Balaban J connectivity index is 2.53. The lowest BCUT2D eigenvalue weighted by Crippen LogP contribution is -2.67. The van der Waals surface area contributed by atoms with Gasteiger partial charge in [0.15, 0.2) is 24.5 Å². The molecule has 15 heteroatoms. The molecule has 1 aliphatic rings. The van der Waals surface area contributed by atoms with Gasteiger partial charge < -0.3 is 29.0 Å². The number of esters is 4. The molecular formula is C21H21Cl4NO10. The van der Waals surface area contributed by atoms with Crippen LogP contribution >= 0.6 is 46.4 Å². The van der Waals surface area contributed by atoms with Gasteiger partial charge in [-0.25, -0.2) is 4.79 Å². The summed E-state index contributed by atoms with van der Waals surface area (Å²) in [5, 5.41) is 2.24. The molecule has 0 saturated carbocycles. The quantitative estimate of drug-likeness (QED) is 0.272. The van der Waals surface area contributed by atoms with Crippen LogP contribution in [0.5, 0.6) is 0 Å². The first kappa shape index (κ1) is 29.9. The van der Waals surface area contributed by atoms with E-state index in [0.29, 0.717) is 0 Å². The standard InChI is InChI=1S/C21H21Cl4NO10/c1-10(27)32-9-13-15(33-11(2)28)16(35-14(29)8-22)17(18(34-13)26-20(31)21(23,24)25)36-19(30)12-6-4-3-5-7-12/h3-7,13,15-18H,8-9H2,1-2H3,(H,26,31)/t13-,15-,16+,17-,18?/m1/s1. The van der Waals surface area contributed by atoms with Crippen LogP contribution in [0.1, 0.15) is 24.2 Å². The number of hydrogen-bond acceptors (Lipinski definition) is 10. The zero-order valence-corrected chi connectivity index (χ0v) is 21.8. The zero-order chi connectivity index (χ0) is 27.0. The van der Waals surface area contributed by atoms with Crippen molar-refractivity contribution in [3.8, 4) is 0 Å². The number of rotatable bonds is 8. The van der Waals surface area contributed by atoms with Gasteiger partial charge in [0.2, 0.25) is 0 Å². The third kappa shape index (κ3) is 8.67. The maximum absolute atomic E-state index is 12.9. The largest absolute Gasteiger partial charge is 0.463 e. The summed E-state index contributed by atoms with van der Waals surface area (Å²) in [6, 6.07) is 7.67. The molecule has 1 N–H and O–H groups in total. The van der Waals surface area contributed by atoms with Crippen LogP contribution in [0.2, 0.25) is 0 Å². The summed E-state index contributed by atoms with van der Waals surface area (Å²) < 4.78 is 24.4. The molecule has 1 unspecified atom stereocenters. The highest BCUT2D eigenvalue weighted by molar-refractivity contribution is 6.76. The fraction of sp³-hybridized carbons (Fsp3) is 0.476. The third-order valence-electron chi connectivity index (χ3n) is 4.55. The van der Waals surface area contributed by atoms with E-state index < -0.39 is 76.7 Å². The number of ether oxygens (including phenoxy) is 5. The zero-order valence-electron chi connectivity index (χ0n) is 18.8. The number of amides is 1. The molecule has 5 atom stereocenters. The molecule has 0 bridgehead atoms. The second-order valence-corrected chi connectivity index (χ2v) is 9.82. The van der Waals surface area contributed by atoms with Crippen LogP contribution < -0.4 is 5.32 Å². The van der Waals surface area contributed by atoms with Crippen molar-refractivity contribution < 1.29 is 47.7 Å². The van der Waals surface area contributed by atoms with Crippen molar-refractivity contribution in [3.63, 3.8) is 0 Å². The molecule has 0 spiro atoms. The summed E-state index contributed by atoms with van der Waals surface area (Å²) in [5.74, 6) is -5.25. The summed E-state index contributed by atoms with van der Waals surface area (Å²) in [7, 11) is 0. The molecule has 198 valence electrons. The van der Waals surface area contributed by atoms with Crippen LogP contribution in [-0.4, -0.2) is 76.7 Å². The first-order valence-corrected chi connectivity index (χ1v) is 11.9. The predicted molar refractivity (Wildman–Crippen MR) is 126 cm³/mol. The lowest BCUT2D eigenvalue weighted by Gasteiger charge is -2.44. The molecule has 11 nitrogen and oxygen atoms in total. The van der Waals surface area contributed by atoms with Gasteiger partial charge in [0.25, 0.3) is 9.70 Å². The van der Waals surface area contributed by atoms with E-state index in [2.05, 4.69) is 5.32 Å². The minimum Gasteiger partial charge on any atom is -0.463 e. The topological polar surface area (TPSA) is 144 Å². The minimum atomic E-state index is -2.46. The van der Waals surface area contributed by atoms with Crippen molar-refractivity contribution in [2.75, 3.05) is 12.5 Å². The van der Waals surface area contributed by atoms with Gasteiger partial charge in [-0.1, -0.05) is 53.0 Å². The van der Waals surface area contributed by atoms with Crippen molar-refractivity contribution in [1.29, 1.82) is 0 Å². The van der Waals surface area contributed by atoms with E-state index in [-0.39, 0.29) is 5.56 Å². The lowest BCUT2D eigenvalue weighted by atomic mass is 9.97. The Bertz CT molecular complexity index is 971. The number of halogens is 4. The first-order valence-electron chi connectivity index (χ1n) is 10.2. The van der Waals surface area contributed by atoms with E-state index in [0.717, 1.165) is 13.8 Å². The summed E-state index contributed by atoms with van der Waals surface area (Å²) in [6.07, 6.45) is -7.65. The van der Waals surface area contributed by atoms with Gasteiger partial charge >= 0.3 is 23.9 Å². The van der Waals surface area contributed by atoms with Crippen LogP contribution in [0.3, 0.4) is 0 Å². The number of carbonyl (C=O) groups excluding carboxylic acids is 5. The monoisotopic (exact) mass is 587 g/mol. The maximum Gasteiger partial charge on any atom is 0.338 e. The molecule has 36 heavy (non-hydrogen) atoms. The maximum atomic E-state index is 12.9. The van der Waals surface area contributed by atoms with Gasteiger partial charge in [0, 0.05) is 13.8 Å². The summed E-state index contributed by atoms with van der Waals surface area (Å²) in [6.45, 7) is 1.66. The molecule has 1 amide bonds. The van der Waals surface area contributed by atoms with Crippen LogP contribution in [0, 0.1) is 0 Å². The SMILES string of the molecule is CC(=O)OC[C@H]1OC(NC(=O)C(Cl)(Cl)Cl)[C@H](OC(=O)c2ccccc2)[C@@H](OC(=O)CCl)[C@@H]1OC(C)=O. The molecule has 1 aromatic carbocycles. The van der Waals surface area contributed by atoms with E-state index in [1.807, 2.05) is 0 Å². The number of nitrogens with one attached hydrogen (secondary N) is 1. The van der Waals surface area contributed by atoms with Gasteiger partial charge in [-0.05, 0) is 12.1 Å². The summed E-state index contributed by atoms with van der Waals surface area (Å²) >= 11 is 22.5. The van der Waals surface area contributed by atoms with Crippen molar-refractivity contribution >= 4 is 76.2 Å². The van der Waals surface area contributed by atoms with Crippen molar-refractivity contribution in [3.05, 3.63) is 35.9 Å². The Kier molecular flexibility index (Phi) is 11.0. The smallest absolute Gasteiger partial charge is 0.338 e. The summed E-state index contributed by atoms with van der Waals surface area (Å²) in [4.78, 5) is 60.7. The molecule has 1 heterocycles. The van der Waals surface area contributed by atoms with Crippen molar-refractivity contribution in [2.45, 2.75) is 48.3 Å². The highest BCUT2D eigenvalue weighted by atomic mass is 35.6. The van der Waals surface area contributed by atoms with E-state index in [4.69, 9.17) is 70.1 Å². The third-order valence-corrected chi connectivity index (χ3v) is 5.28. The molecule has 1 aliphatic heterocycles. The van der Waals surface area contributed by atoms with Gasteiger partial charge in [-0.2, -0.15) is 0 Å². The lowest BCUT2D eigenvalue weighted by molar-refractivity contribution is -0.251. The van der Waals surface area contributed by atoms with Crippen LogP contribution in [0.15, 0.2) is 30.3 Å². The van der Waals surface area contributed by atoms with Gasteiger partial charge in [0.05, 0.1) is 5.56 Å². The average Bonchev–Trinajstić information content (AvgIpc) is 2.80. The predicted octanol–water partition coefficient (Wildman–Crippen LogP) is 2.07. The second-order valence-electron chi connectivity index (χ2n) is 7.27. The fourth-order valence-electron chi connectivity index (χ4n) is 3.12. The summed E-state index contributed by atoms with van der Waals surface area (Å²) in [5.41, 5.74) is 0.0949.